The van der Waals surface area contributed by atoms with Gasteiger partial charge in [-0.05, 0) is 43.5 Å². The molecular formula is C13H15F2NO2S. The van der Waals surface area contributed by atoms with Crippen molar-refractivity contribution in [3.05, 3.63) is 29.8 Å². The van der Waals surface area contributed by atoms with E-state index < -0.39 is 11.4 Å². The lowest BCUT2D eigenvalue weighted by Gasteiger charge is -2.36. The van der Waals surface area contributed by atoms with Crippen molar-refractivity contribution in [3.8, 4) is 0 Å². The molecule has 104 valence electrons. The SMILES string of the molecule is O=C(NCC1(O)CCC1)c1ccc(SC(F)F)cc1. The van der Waals surface area contributed by atoms with Gasteiger partial charge in [-0.15, -0.1) is 0 Å². The Balaban J connectivity index is 1.88. The number of benzene rings is 1. The van der Waals surface area contributed by atoms with Crippen LogP contribution in [0, 0.1) is 0 Å². The molecule has 1 amide bonds. The molecule has 0 saturated heterocycles. The van der Waals surface area contributed by atoms with Gasteiger partial charge in [0.1, 0.15) is 0 Å². The molecule has 1 saturated carbocycles. The highest BCUT2D eigenvalue weighted by molar-refractivity contribution is 7.99. The van der Waals surface area contributed by atoms with Crippen molar-refractivity contribution in [1.82, 2.24) is 5.32 Å². The quantitative estimate of drug-likeness (QED) is 0.819. The number of rotatable bonds is 5. The minimum atomic E-state index is -2.47. The van der Waals surface area contributed by atoms with Crippen LogP contribution in [0.4, 0.5) is 8.78 Å². The lowest BCUT2D eigenvalue weighted by Crippen LogP contribution is -2.47. The molecule has 1 aliphatic carbocycles. The largest absolute Gasteiger partial charge is 0.388 e. The summed E-state index contributed by atoms with van der Waals surface area (Å²) in [7, 11) is 0. The van der Waals surface area contributed by atoms with Gasteiger partial charge in [0.2, 0.25) is 0 Å². The predicted molar refractivity (Wildman–Crippen MR) is 69.4 cm³/mol. The lowest BCUT2D eigenvalue weighted by molar-refractivity contribution is -0.0300. The maximum Gasteiger partial charge on any atom is 0.288 e. The second-order valence-corrected chi connectivity index (χ2v) is 5.73. The summed E-state index contributed by atoms with van der Waals surface area (Å²) in [6.07, 6.45) is 2.39. The van der Waals surface area contributed by atoms with Crippen LogP contribution in [0.25, 0.3) is 0 Å². The van der Waals surface area contributed by atoms with E-state index in [0.717, 1.165) is 6.42 Å². The van der Waals surface area contributed by atoms with Gasteiger partial charge in [0.05, 0.1) is 5.60 Å². The van der Waals surface area contributed by atoms with Crippen LogP contribution in [0.5, 0.6) is 0 Å². The fourth-order valence-corrected chi connectivity index (χ4v) is 2.40. The first kappa shape index (κ1) is 14.3. The van der Waals surface area contributed by atoms with E-state index in [2.05, 4.69) is 5.32 Å². The smallest absolute Gasteiger partial charge is 0.288 e. The molecule has 2 rings (SSSR count). The van der Waals surface area contributed by atoms with E-state index in [9.17, 15) is 18.7 Å². The lowest BCUT2D eigenvalue weighted by atomic mass is 9.80. The molecule has 0 unspecified atom stereocenters. The average Bonchev–Trinajstić information content (AvgIpc) is 2.34. The second-order valence-electron chi connectivity index (χ2n) is 4.66. The molecule has 6 heteroatoms. The Bertz CT molecular complexity index is 446. The molecule has 0 atom stereocenters. The number of alkyl halides is 2. The Morgan fingerprint density at radius 3 is 2.47 bits per heavy atom. The summed E-state index contributed by atoms with van der Waals surface area (Å²) < 4.78 is 24.3. The molecule has 1 aromatic carbocycles. The summed E-state index contributed by atoms with van der Waals surface area (Å²) >= 11 is 0.444. The zero-order valence-electron chi connectivity index (χ0n) is 10.2. The fraction of sp³-hybridized carbons (Fsp3) is 0.462. The van der Waals surface area contributed by atoms with E-state index in [-0.39, 0.29) is 12.5 Å². The monoisotopic (exact) mass is 287 g/mol. The standard InChI is InChI=1S/C13H15F2NO2S/c14-12(15)19-10-4-2-9(3-5-10)11(17)16-8-13(18)6-1-7-13/h2-5,12,18H,1,6-8H2,(H,16,17). The Hall–Kier alpha value is -1.14. The zero-order valence-corrected chi connectivity index (χ0v) is 11.1. The van der Waals surface area contributed by atoms with Gasteiger partial charge < -0.3 is 10.4 Å². The van der Waals surface area contributed by atoms with E-state index >= 15 is 0 Å². The number of nitrogens with one attached hydrogen (secondary N) is 1. The number of hydrogen-bond acceptors (Lipinski definition) is 3. The number of amides is 1. The zero-order chi connectivity index (χ0) is 13.9. The number of carbonyl (C=O) groups is 1. The molecule has 1 aromatic rings. The number of halogens is 2. The van der Waals surface area contributed by atoms with Crippen molar-refractivity contribution in [3.63, 3.8) is 0 Å². The Kier molecular flexibility index (Phi) is 4.42. The summed E-state index contributed by atoms with van der Waals surface area (Å²) in [6.45, 7) is 0.235. The highest BCUT2D eigenvalue weighted by Gasteiger charge is 2.34. The second kappa shape index (κ2) is 5.88. The maximum atomic E-state index is 12.1. The van der Waals surface area contributed by atoms with Crippen molar-refractivity contribution in [2.24, 2.45) is 0 Å². The molecular weight excluding hydrogens is 272 g/mol. The van der Waals surface area contributed by atoms with Gasteiger partial charge in [0.25, 0.3) is 11.7 Å². The van der Waals surface area contributed by atoms with Crippen LogP contribution in [0.2, 0.25) is 0 Å². The Morgan fingerprint density at radius 1 is 1.37 bits per heavy atom. The van der Waals surface area contributed by atoms with Crippen molar-refractivity contribution in [2.75, 3.05) is 6.54 Å². The predicted octanol–water partition coefficient (Wildman–Crippen LogP) is 2.65. The number of hydrogen-bond donors (Lipinski definition) is 2. The van der Waals surface area contributed by atoms with E-state index in [1.165, 1.54) is 24.3 Å². The summed E-state index contributed by atoms with van der Waals surface area (Å²) in [4.78, 5) is 12.2. The normalized spacial score (nSPS) is 17.1. The van der Waals surface area contributed by atoms with Gasteiger partial charge in [0.15, 0.2) is 0 Å². The molecule has 1 fully saturated rings. The van der Waals surface area contributed by atoms with Gasteiger partial charge >= 0.3 is 0 Å². The first-order valence-corrected chi connectivity index (χ1v) is 6.92. The van der Waals surface area contributed by atoms with Gasteiger partial charge in [0, 0.05) is 17.0 Å². The minimum absolute atomic E-state index is 0.235. The van der Waals surface area contributed by atoms with E-state index in [4.69, 9.17) is 0 Å². The molecule has 19 heavy (non-hydrogen) atoms. The molecule has 0 spiro atoms. The molecule has 0 aliphatic heterocycles. The van der Waals surface area contributed by atoms with Crippen molar-refractivity contribution >= 4 is 17.7 Å². The summed E-state index contributed by atoms with van der Waals surface area (Å²) in [5.41, 5.74) is -0.359. The van der Waals surface area contributed by atoms with Crippen molar-refractivity contribution in [1.29, 1.82) is 0 Å². The van der Waals surface area contributed by atoms with Gasteiger partial charge in [-0.25, -0.2) is 0 Å². The van der Waals surface area contributed by atoms with Crippen LogP contribution in [0.3, 0.4) is 0 Å². The summed E-state index contributed by atoms with van der Waals surface area (Å²) in [5, 5.41) is 12.5. The average molecular weight is 287 g/mol. The minimum Gasteiger partial charge on any atom is -0.388 e. The Labute approximate surface area is 114 Å². The molecule has 0 radical (unpaired) electrons. The van der Waals surface area contributed by atoms with E-state index in [1.54, 1.807) is 0 Å². The first-order chi connectivity index (χ1) is 8.98. The van der Waals surface area contributed by atoms with Crippen LogP contribution in [-0.4, -0.2) is 28.9 Å². The summed E-state index contributed by atoms with van der Waals surface area (Å²) in [5.74, 6) is -2.76. The third-order valence-electron chi connectivity index (χ3n) is 3.20. The third kappa shape index (κ3) is 3.91. The van der Waals surface area contributed by atoms with Gasteiger partial charge in [-0.3, -0.25) is 4.79 Å². The summed E-state index contributed by atoms with van der Waals surface area (Å²) in [6, 6.07) is 5.99. The van der Waals surface area contributed by atoms with Crippen LogP contribution in [-0.2, 0) is 0 Å². The molecule has 0 bridgehead atoms. The van der Waals surface area contributed by atoms with E-state index in [0.29, 0.717) is 35.1 Å². The third-order valence-corrected chi connectivity index (χ3v) is 3.93. The van der Waals surface area contributed by atoms with Crippen LogP contribution in [0.15, 0.2) is 29.2 Å². The number of thioether (sulfide) groups is 1. The first-order valence-electron chi connectivity index (χ1n) is 6.04. The maximum absolute atomic E-state index is 12.1. The van der Waals surface area contributed by atoms with Gasteiger partial charge in [-0.1, -0.05) is 11.8 Å². The molecule has 0 aromatic heterocycles. The number of carbonyl (C=O) groups excluding carboxylic acids is 1. The molecule has 3 nitrogen and oxygen atoms in total. The number of aliphatic hydroxyl groups is 1. The molecule has 1 aliphatic rings. The molecule has 0 heterocycles. The topological polar surface area (TPSA) is 49.3 Å². The van der Waals surface area contributed by atoms with Crippen LogP contribution < -0.4 is 5.32 Å². The highest BCUT2D eigenvalue weighted by atomic mass is 32.2. The Morgan fingerprint density at radius 2 is 2.00 bits per heavy atom. The van der Waals surface area contributed by atoms with Crippen LogP contribution >= 0.6 is 11.8 Å². The van der Waals surface area contributed by atoms with Crippen molar-refractivity contribution in [2.45, 2.75) is 35.5 Å². The van der Waals surface area contributed by atoms with Crippen LogP contribution in [0.1, 0.15) is 29.6 Å². The fourth-order valence-electron chi connectivity index (χ4n) is 1.90. The van der Waals surface area contributed by atoms with Gasteiger partial charge in [-0.2, -0.15) is 8.78 Å². The molecule has 2 N–H and O–H groups in total. The van der Waals surface area contributed by atoms with Crippen molar-refractivity contribution < 1.29 is 18.7 Å². The highest BCUT2D eigenvalue weighted by Crippen LogP contribution is 2.30. The van der Waals surface area contributed by atoms with E-state index in [1.807, 2.05) is 0 Å².